The Labute approximate surface area is 187 Å². The molecule has 0 saturated heterocycles. The van der Waals surface area contributed by atoms with Gasteiger partial charge in [-0.1, -0.05) is 64.7 Å². The van der Waals surface area contributed by atoms with Gasteiger partial charge >= 0.3 is 0 Å². The molecule has 0 aromatic heterocycles. The van der Waals surface area contributed by atoms with Crippen LogP contribution in [0.3, 0.4) is 0 Å². The summed E-state index contributed by atoms with van der Waals surface area (Å²) in [5.74, 6) is -0.725. The van der Waals surface area contributed by atoms with Crippen LogP contribution < -0.4 is 5.43 Å². The summed E-state index contributed by atoms with van der Waals surface area (Å²) in [6.45, 7) is 13.9. The third-order valence-corrected chi connectivity index (χ3v) is 5.25. The van der Waals surface area contributed by atoms with Gasteiger partial charge in [0, 0.05) is 16.1 Å². The Hall–Kier alpha value is -2.24. The molecule has 5 nitrogen and oxygen atoms in total. The summed E-state index contributed by atoms with van der Waals surface area (Å²) in [6.07, 6.45) is 0. The lowest BCUT2D eigenvalue weighted by atomic mass is 9.78. The van der Waals surface area contributed by atoms with Gasteiger partial charge < -0.3 is 10.2 Å². The Bertz CT molecular complexity index is 981. The zero-order chi connectivity index (χ0) is 23.0. The maximum atomic E-state index is 12.5. The van der Waals surface area contributed by atoms with Crippen LogP contribution in [0, 0.1) is 0 Å². The summed E-state index contributed by atoms with van der Waals surface area (Å²) in [5.41, 5.74) is 4.71. The Morgan fingerprint density at radius 2 is 1.40 bits per heavy atom. The predicted octanol–water partition coefficient (Wildman–Crippen LogP) is 6.15. The molecule has 0 aliphatic carbocycles. The van der Waals surface area contributed by atoms with E-state index in [0.717, 1.165) is 16.7 Å². The number of hydrogen-bond acceptors (Lipinski definition) is 4. The van der Waals surface area contributed by atoms with Gasteiger partial charge in [-0.15, -0.1) is 0 Å². The second-order valence-corrected chi connectivity index (χ2v) is 10.2. The van der Waals surface area contributed by atoms with Gasteiger partial charge in [0.15, 0.2) is 0 Å². The number of phenolic OH excluding ortho intramolecular Hbond substituents is 2. The minimum absolute atomic E-state index is 0.0171. The Balaban J connectivity index is 2.46. The first-order valence-electron chi connectivity index (χ1n) is 9.54. The van der Waals surface area contributed by atoms with Gasteiger partial charge in [-0.2, -0.15) is 5.10 Å². The van der Waals surface area contributed by atoms with E-state index in [1.165, 1.54) is 12.1 Å². The minimum atomic E-state index is -0.637. The molecule has 0 saturated carbocycles. The van der Waals surface area contributed by atoms with E-state index in [9.17, 15) is 15.0 Å². The number of hydrogen-bond donors (Lipinski definition) is 3. The number of nitrogens with one attached hydrogen (secondary N) is 1. The molecule has 162 valence electrons. The number of amides is 1. The third kappa shape index (κ3) is 5.27. The van der Waals surface area contributed by atoms with Crippen molar-refractivity contribution in [1.29, 1.82) is 0 Å². The van der Waals surface area contributed by atoms with Gasteiger partial charge in [0.25, 0.3) is 5.91 Å². The highest BCUT2D eigenvalue weighted by molar-refractivity contribution is 6.36. The van der Waals surface area contributed by atoms with Gasteiger partial charge in [0.05, 0.1) is 16.3 Å². The molecule has 0 bridgehead atoms. The zero-order valence-electron chi connectivity index (χ0n) is 18.3. The quantitative estimate of drug-likeness (QED) is 0.387. The normalized spacial score (nSPS) is 12.8. The van der Waals surface area contributed by atoms with Gasteiger partial charge in [-0.25, -0.2) is 5.43 Å². The topological polar surface area (TPSA) is 81.9 Å². The van der Waals surface area contributed by atoms with Crippen molar-refractivity contribution < 1.29 is 15.0 Å². The smallest absolute Gasteiger partial charge is 0.275 e. The summed E-state index contributed by atoms with van der Waals surface area (Å²) < 4.78 is 0. The number of phenols is 2. The van der Waals surface area contributed by atoms with Crippen LogP contribution in [0.4, 0.5) is 0 Å². The van der Waals surface area contributed by atoms with Crippen molar-refractivity contribution in [3.8, 4) is 11.5 Å². The van der Waals surface area contributed by atoms with Crippen LogP contribution in [0.25, 0.3) is 0 Å². The Kier molecular flexibility index (Phi) is 6.79. The molecule has 0 aliphatic rings. The third-order valence-electron chi connectivity index (χ3n) is 4.74. The van der Waals surface area contributed by atoms with Crippen LogP contribution >= 0.6 is 23.2 Å². The molecule has 3 N–H and O–H groups in total. The molecule has 0 fully saturated rings. The molecule has 2 aromatic carbocycles. The fourth-order valence-corrected chi connectivity index (χ4v) is 3.48. The Morgan fingerprint density at radius 3 is 1.87 bits per heavy atom. The summed E-state index contributed by atoms with van der Waals surface area (Å²) in [4.78, 5) is 12.5. The molecule has 2 aromatic rings. The molecular formula is C23H28Cl2N2O3. The van der Waals surface area contributed by atoms with Crippen LogP contribution in [0.2, 0.25) is 10.0 Å². The van der Waals surface area contributed by atoms with E-state index in [1.807, 2.05) is 53.7 Å². The monoisotopic (exact) mass is 450 g/mol. The molecule has 2 rings (SSSR count). The summed E-state index contributed by atoms with van der Waals surface area (Å²) in [5, 5.41) is 25.3. The van der Waals surface area contributed by atoms with Gasteiger partial charge in [0.2, 0.25) is 0 Å². The molecule has 0 aliphatic heterocycles. The van der Waals surface area contributed by atoms with E-state index in [4.69, 9.17) is 23.2 Å². The van der Waals surface area contributed by atoms with Crippen LogP contribution in [-0.2, 0) is 10.8 Å². The number of halogens is 2. The second-order valence-electron chi connectivity index (χ2n) is 9.34. The molecule has 0 atom stereocenters. The van der Waals surface area contributed by atoms with Gasteiger partial charge in [0.1, 0.15) is 11.5 Å². The first-order chi connectivity index (χ1) is 13.6. The van der Waals surface area contributed by atoms with E-state index in [2.05, 4.69) is 10.5 Å². The van der Waals surface area contributed by atoms with Crippen molar-refractivity contribution in [2.75, 3.05) is 0 Å². The maximum Gasteiger partial charge on any atom is 0.275 e. The zero-order valence-corrected chi connectivity index (χ0v) is 19.8. The van der Waals surface area contributed by atoms with E-state index < -0.39 is 5.91 Å². The van der Waals surface area contributed by atoms with E-state index >= 15 is 0 Å². The van der Waals surface area contributed by atoms with Crippen molar-refractivity contribution in [2.45, 2.75) is 59.3 Å². The first kappa shape index (κ1) is 24.0. The van der Waals surface area contributed by atoms with Crippen LogP contribution in [-0.4, -0.2) is 21.8 Å². The highest BCUT2D eigenvalue weighted by atomic mass is 35.5. The lowest BCUT2D eigenvalue weighted by Crippen LogP contribution is -2.21. The highest BCUT2D eigenvalue weighted by Crippen LogP contribution is 2.40. The van der Waals surface area contributed by atoms with Crippen LogP contribution in [0.5, 0.6) is 11.5 Å². The number of hydrazone groups is 1. The molecule has 0 heterocycles. The van der Waals surface area contributed by atoms with E-state index in [-0.39, 0.29) is 37.9 Å². The summed E-state index contributed by atoms with van der Waals surface area (Å²) in [7, 11) is 0. The summed E-state index contributed by atoms with van der Waals surface area (Å²) in [6, 6.07) is 6.42. The minimum Gasteiger partial charge on any atom is -0.507 e. The lowest BCUT2D eigenvalue weighted by Gasteiger charge is -2.28. The van der Waals surface area contributed by atoms with Crippen LogP contribution in [0.1, 0.15) is 75.5 Å². The lowest BCUT2D eigenvalue weighted by molar-refractivity contribution is 0.0952. The number of rotatable bonds is 3. The standard InChI is InChI=1S/C23H28Cl2N2O3/c1-12(26-27-21(30)15-10-14(24)11-18(25)19(15)28)13-8-16(22(2,3)4)20(29)17(9-13)23(5,6)7/h8-11,28-29H,1-7H3,(H,27,30)/b26-12-. The van der Waals surface area contributed by atoms with Crippen molar-refractivity contribution in [3.63, 3.8) is 0 Å². The first-order valence-corrected chi connectivity index (χ1v) is 10.3. The van der Waals surface area contributed by atoms with Crippen molar-refractivity contribution in [3.05, 3.63) is 56.6 Å². The number of nitrogens with zero attached hydrogens (tertiary/aromatic N) is 1. The van der Waals surface area contributed by atoms with E-state index in [1.54, 1.807) is 6.92 Å². The number of benzene rings is 2. The fraction of sp³-hybridized carbons (Fsp3) is 0.391. The molecule has 0 unspecified atom stereocenters. The Morgan fingerprint density at radius 1 is 0.900 bits per heavy atom. The number of carbonyl (C=O) groups is 1. The fourth-order valence-electron chi connectivity index (χ4n) is 2.99. The molecule has 1 amide bonds. The van der Waals surface area contributed by atoms with E-state index in [0.29, 0.717) is 5.71 Å². The second kappa shape index (κ2) is 8.48. The molecular weight excluding hydrogens is 423 g/mol. The van der Waals surface area contributed by atoms with Gasteiger partial charge in [-0.3, -0.25) is 4.79 Å². The molecule has 7 heteroatoms. The van der Waals surface area contributed by atoms with Gasteiger partial charge in [-0.05, 0) is 47.6 Å². The molecule has 30 heavy (non-hydrogen) atoms. The van der Waals surface area contributed by atoms with Crippen molar-refractivity contribution in [2.24, 2.45) is 5.10 Å². The predicted molar refractivity (Wildman–Crippen MR) is 123 cm³/mol. The average molecular weight is 451 g/mol. The average Bonchev–Trinajstić information content (AvgIpc) is 2.60. The SMILES string of the molecule is C/C(=N/NC(=O)c1cc(Cl)cc(Cl)c1O)c1cc(C(C)(C)C)c(O)c(C(C)(C)C)c1. The van der Waals surface area contributed by atoms with Crippen molar-refractivity contribution >= 4 is 34.8 Å². The van der Waals surface area contributed by atoms with Crippen LogP contribution in [0.15, 0.2) is 29.4 Å². The van der Waals surface area contributed by atoms with Crippen molar-refractivity contribution in [1.82, 2.24) is 5.43 Å². The largest absolute Gasteiger partial charge is 0.507 e. The molecule has 0 radical (unpaired) electrons. The number of aromatic hydroxyl groups is 2. The summed E-state index contributed by atoms with van der Waals surface area (Å²) >= 11 is 11.8. The molecule has 0 spiro atoms. The highest BCUT2D eigenvalue weighted by Gasteiger charge is 2.27. The maximum absolute atomic E-state index is 12.5. The number of carbonyl (C=O) groups excluding carboxylic acids is 1.